The van der Waals surface area contributed by atoms with Gasteiger partial charge in [0.15, 0.2) is 0 Å². The van der Waals surface area contributed by atoms with Gasteiger partial charge in [-0.15, -0.1) is 0 Å². The van der Waals surface area contributed by atoms with Crippen molar-refractivity contribution < 1.29 is 23.0 Å². The lowest BCUT2D eigenvalue weighted by molar-refractivity contribution is 0.0587. The largest absolute Gasteiger partial charge is 0.496 e. The highest BCUT2D eigenvalue weighted by atomic mass is 19.3. The molecule has 1 aromatic carbocycles. The molecular formula is C11H9F2NO3. The lowest BCUT2D eigenvalue weighted by atomic mass is 10.0. The zero-order valence-corrected chi connectivity index (χ0v) is 9.16. The number of alkyl halides is 2. The van der Waals surface area contributed by atoms with Gasteiger partial charge in [0.05, 0.1) is 30.9 Å². The fraction of sp³-hybridized carbons (Fsp3) is 0.273. The van der Waals surface area contributed by atoms with Gasteiger partial charge in [-0.3, -0.25) is 0 Å². The zero-order valence-electron chi connectivity index (χ0n) is 9.16. The Hall–Kier alpha value is -2.16. The Bertz CT molecular complexity index is 480. The minimum Gasteiger partial charge on any atom is -0.496 e. The Morgan fingerprint density at radius 1 is 1.41 bits per heavy atom. The maximum atomic E-state index is 12.9. The van der Waals surface area contributed by atoms with E-state index < -0.39 is 23.5 Å². The van der Waals surface area contributed by atoms with Crippen molar-refractivity contribution >= 4 is 5.97 Å². The highest BCUT2D eigenvalue weighted by Gasteiger charge is 2.26. The number of hydrogen-bond donors (Lipinski definition) is 0. The second kappa shape index (κ2) is 5.25. The lowest BCUT2D eigenvalue weighted by Gasteiger charge is -2.12. The second-order valence-electron chi connectivity index (χ2n) is 3.01. The zero-order chi connectivity index (χ0) is 13.0. The second-order valence-corrected chi connectivity index (χ2v) is 3.01. The number of nitrogens with zero attached hydrogens (tertiary/aromatic N) is 1. The number of hydrogen-bond acceptors (Lipinski definition) is 4. The average Bonchev–Trinajstić information content (AvgIpc) is 2.35. The number of halogens is 2. The monoisotopic (exact) mass is 241 g/mol. The summed E-state index contributed by atoms with van der Waals surface area (Å²) in [4.78, 5) is 11.4. The Morgan fingerprint density at radius 2 is 2.06 bits per heavy atom. The summed E-state index contributed by atoms with van der Waals surface area (Å²) in [6, 6.07) is 4.12. The van der Waals surface area contributed by atoms with Crippen LogP contribution < -0.4 is 4.74 Å². The van der Waals surface area contributed by atoms with Crippen molar-refractivity contribution in [2.75, 3.05) is 14.2 Å². The van der Waals surface area contributed by atoms with E-state index in [9.17, 15) is 13.6 Å². The van der Waals surface area contributed by atoms with Gasteiger partial charge in [-0.2, -0.15) is 5.26 Å². The number of benzene rings is 1. The first-order valence-corrected chi connectivity index (χ1v) is 4.54. The fourth-order valence-corrected chi connectivity index (χ4v) is 1.41. The van der Waals surface area contributed by atoms with Crippen LogP contribution in [0.5, 0.6) is 5.75 Å². The first-order valence-electron chi connectivity index (χ1n) is 4.54. The molecule has 4 nitrogen and oxygen atoms in total. The first kappa shape index (κ1) is 12.9. The van der Waals surface area contributed by atoms with E-state index in [0.717, 1.165) is 7.11 Å². The van der Waals surface area contributed by atoms with E-state index in [1.807, 2.05) is 0 Å². The van der Waals surface area contributed by atoms with Crippen LogP contribution in [-0.4, -0.2) is 20.2 Å². The summed E-state index contributed by atoms with van der Waals surface area (Å²) >= 11 is 0. The molecule has 0 radical (unpaired) electrons. The summed E-state index contributed by atoms with van der Waals surface area (Å²) in [5.74, 6) is -1.14. The van der Waals surface area contributed by atoms with Crippen LogP contribution in [-0.2, 0) is 4.74 Å². The molecule has 0 atom stereocenters. The molecular weight excluding hydrogens is 232 g/mol. The number of ether oxygens (including phenoxy) is 2. The number of rotatable bonds is 3. The van der Waals surface area contributed by atoms with Crippen LogP contribution in [0.1, 0.15) is 27.9 Å². The molecule has 0 bridgehead atoms. The predicted molar refractivity (Wildman–Crippen MR) is 54.0 cm³/mol. The number of nitriles is 1. The molecule has 0 unspecified atom stereocenters. The lowest BCUT2D eigenvalue weighted by Crippen LogP contribution is -2.10. The summed E-state index contributed by atoms with van der Waals surface area (Å²) < 4.78 is 34.9. The van der Waals surface area contributed by atoms with Gasteiger partial charge in [0.25, 0.3) is 6.43 Å². The van der Waals surface area contributed by atoms with Crippen molar-refractivity contribution in [1.29, 1.82) is 5.26 Å². The molecule has 0 aliphatic carbocycles. The predicted octanol–water partition coefficient (Wildman–Crippen LogP) is 2.29. The standard InChI is InChI=1S/C11H9F2NO3/c1-16-7-4-3-6(5-14)8(11(15)17-2)9(7)10(12)13/h3-4,10H,1-2H3. The number of methoxy groups -OCH3 is 2. The molecule has 0 spiro atoms. The van der Waals surface area contributed by atoms with Crippen molar-refractivity contribution in [3.63, 3.8) is 0 Å². The minimum absolute atomic E-state index is 0.153. The highest BCUT2D eigenvalue weighted by molar-refractivity contribution is 5.94. The topological polar surface area (TPSA) is 59.3 Å². The molecule has 0 aromatic heterocycles. The summed E-state index contributed by atoms with van der Waals surface area (Å²) in [6.07, 6.45) is -2.94. The van der Waals surface area contributed by atoms with Gasteiger partial charge in [-0.25, -0.2) is 13.6 Å². The van der Waals surface area contributed by atoms with Crippen molar-refractivity contribution in [2.45, 2.75) is 6.43 Å². The van der Waals surface area contributed by atoms with Crippen LogP contribution >= 0.6 is 0 Å². The quantitative estimate of drug-likeness (QED) is 0.762. The van der Waals surface area contributed by atoms with Gasteiger partial charge in [-0.05, 0) is 12.1 Å². The van der Waals surface area contributed by atoms with Crippen LogP contribution in [0.25, 0.3) is 0 Å². The molecule has 0 saturated carbocycles. The summed E-state index contributed by atoms with van der Waals surface area (Å²) in [6.45, 7) is 0. The Morgan fingerprint density at radius 3 is 2.47 bits per heavy atom. The van der Waals surface area contributed by atoms with Gasteiger partial charge >= 0.3 is 5.97 Å². The average molecular weight is 241 g/mol. The van der Waals surface area contributed by atoms with Crippen LogP contribution in [0.2, 0.25) is 0 Å². The van der Waals surface area contributed by atoms with E-state index in [4.69, 9.17) is 10.00 Å². The molecule has 0 saturated heterocycles. The van der Waals surface area contributed by atoms with Crippen LogP contribution in [0, 0.1) is 11.3 Å². The molecule has 1 aromatic rings. The molecule has 1 rings (SSSR count). The number of esters is 1. The van der Waals surface area contributed by atoms with Gasteiger partial charge in [-0.1, -0.05) is 0 Å². The van der Waals surface area contributed by atoms with E-state index in [1.54, 1.807) is 6.07 Å². The molecule has 0 aliphatic heterocycles. The third kappa shape index (κ3) is 2.33. The summed E-state index contributed by atoms with van der Waals surface area (Å²) in [5, 5.41) is 8.79. The SMILES string of the molecule is COC(=O)c1c(C#N)ccc(OC)c1C(F)F. The van der Waals surface area contributed by atoms with E-state index in [-0.39, 0.29) is 11.3 Å². The summed E-state index contributed by atoms with van der Waals surface area (Å²) in [7, 11) is 2.26. The van der Waals surface area contributed by atoms with Crippen molar-refractivity contribution in [3.05, 3.63) is 28.8 Å². The molecule has 6 heteroatoms. The van der Waals surface area contributed by atoms with Crippen molar-refractivity contribution in [3.8, 4) is 11.8 Å². The number of carbonyl (C=O) groups excluding carboxylic acids is 1. The maximum absolute atomic E-state index is 12.9. The Labute approximate surface area is 96.4 Å². The van der Waals surface area contributed by atoms with E-state index in [2.05, 4.69) is 4.74 Å². The summed E-state index contributed by atoms with van der Waals surface area (Å²) in [5.41, 5.74) is -1.25. The molecule has 0 aliphatic rings. The van der Waals surface area contributed by atoms with Gasteiger partial charge in [0, 0.05) is 0 Å². The normalized spacial score (nSPS) is 9.88. The molecule has 0 fully saturated rings. The highest BCUT2D eigenvalue weighted by Crippen LogP contribution is 2.34. The van der Waals surface area contributed by atoms with Gasteiger partial charge in [0.1, 0.15) is 11.8 Å². The Kier molecular flexibility index (Phi) is 3.99. The first-order chi connectivity index (χ1) is 8.06. The van der Waals surface area contributed by atoms with Crippen molar-refractivity contribution in [2.24, 2.45) is 0 Å². The molecule has 90 valence electrons. The fourth-order valence-electron chi connectivity index (χ4n) is 1.41. The Balaban J connectivity index is 3.59. The third-order valence-electron chi connectivity index (χ3n) is 2.15. The van der Waals surface area contributed by atoms with E-state index in [0.29, 0.717) is 0 Å². The number of carbonyl (C=O) groups is 1. The third-order valence-corrected chi connectivity index (χ3v) is 2.15. The van der Waals surface area contributed by atoms with E-state index in [1.165, 1.54) is 19.2 Å². The maximum Gasteiger partial charge on any atom is 0.339 e. The van der Waals surface area contributed by atoms with Crippen LogP contribution in [0.4, 0.5) is 8.78 Å². The van der Waals surface area contributed by atoms with Gasteiger partial charge < -0.3 is 9.47 Å². The molecule has 0 heterocycles. The minimum atomic E-state index is -2.94. The molecule has 17 heavy (non-hydrogen) atoms. The molecule has 0 N–H and O–H groups in total. The van der Waals surface area contributed by atoms with Crippen molar-refractivity contribution in [1.82, 2.24) is 0 Å². The van der Waals surface area contributed by atoms with Gasteiger partial charge in [0.2, 0.25) is 0 Å². The van der Waals surface area contributed by atoms with Crippen LogP contribution in [0.15, 0.2) is 12.1 Å². The van der Waals surface area contributed by atoms with E-state index >= 15 is 0 Å². The molecule has 0 amide bonds. The smallest absolute Gasteiger partial charge is 0.339 e. The van der Waals surface area contributed by atoms with Crippen LogP contribution in [0.3, 0.4) is 0 Å².